The van der Waals surface area contributed by atoms with E-state index in [0.717, 1.165) is 22.7 Å². The topological polar surface area (TPSA) is 42.0 Å². The van der Waals surface area contributed by atoms with Gasteiger partial charge in [-0.3, -0.25) is 9.78 Å². The van der Waals surface area contributed by atoms with Gasteiger partial charge in [0, 0.05) is 17.1 Å². The number of anilines is 1. The molecule has 94 valence electrons. The molecule has 2 aromatic rings. The summed E-state index contributed by atoms with van der Waals surface area (Å²) in [5, 5.41) is 4.97. The molecule has 0 atom stereocenters. The highest BCUT2D eigenvalue weighted by molar-refractivity contribution is 9.09. The minimum absolute atomic E-state index is 0.0477. The molecule has 3 nitrogen and oxygen atoms in total. The van der Waals surface area contributed by atoms with Crippen LogP contribution in [0.15, 0.2) is 30.5 Å². The smallest absolute Gasteiger partial charge is 0.224 e. The number of benzene rings is 1. The maximum Gasteiger partial charge on any atom is 0.224 e. The molecule has 0 spiro atoms. The number of carbonyl (C=O) groups is 1. The lowest BCUT2D eigenvalue weighted by Gasteiger charge is -2.08. The monoisotopic (exact) mass is 326 g/mol. The molecule has 5 heteroatoms. The molecule has 2 rings (SSSR count). The van der Waals surface area contributed by atoms with E-state index >= 15 is 0 Å². The van der Waals surface area contributed by atoms with Gasteiger partial charge in [0.2, 0.25) is 5.91 Å². The molecule has 0 radical (unpaired) electrons. The van der Waals surface area contributed by atoms with Gasteiger partial charge in [-0.1, -0.05) is 45.7 Å². The van der Waals surface area contributed by atoms with Gasteiger partial charge in [-0.15, -0.1) is 0 Å². The lowest BCUT2D eigenvalue weighted by atomic mass is 10.2. The summed E-state index contributed by atoms with van der Waals surface area (Å²) in [6, 6.07) is 7.57. The Morgan fingerprint density at radius 1 is 1.39 bits per heavy atom. The van der Waals surface area contributed by atoms with Gasteiger partial charge in [-0.2, -0.15) is 0 Å². The van der Waals surface area contributed by atoms with Crippen molar-refractivity contribution in [1.29, 1.82) is 0 Å². The number of hydrogen-bond acceptors (Lipinski definition) is 2. The Balaban J connectivity index is 2.24. The molecule has 0 saturated carbocycles. The molecule has 1 aromatic carbocycles. The summed E-state index contributed by atoms with van der Waals surface area (Å²) >= 11 is 9.55. The molecule has 18 heavy (non-hydrogen) atoms. The molecular formula is C13H12BrClN2O. The number of para-hydroxylation sites is 1. The highest BCUT2D eigenvalue weighted by atomic mass is 79.9. The van der Waals surface area contributed by atoms with Crippen LogP contribution in [0.4, 0.5) is 5.69 Å². The average Bonchev–Trinajstić information content (AvgIpc) is 2.40. The number of nitrogens with zero attached hydrogens (tertiary/aromatic N) is 1. The first-order valence-corrected chi connectivity index (χ1v) is 7.11. The Morgan fingerprint density at radius 3 is 2.94 bits per heavy atom. The van der Waals surface area contributed by atoms with Crippen molar-refractivity contribution in [3.05, 3.63) is 35.5 Å². The summed E-state index contributed by atoms with van der Waals surface area (Å²) in [7, 11) is 0. The summed E-state index contributed by atoms with van der Waals surface area (Å²) in [5.74, 6) is -0.0477. The lowest BCUT2D eigenvalue weighted by molar-refractivity contribution is -0.116. The molecule has 0 aliphatic heterocycles. The second kappa shape index (κ2) is 6.16. The zero-order chi connectivity index (χ0) is 13.0. The third kappa shape index (κ3) is 3.00. The van der Waals surface area contributed by atoms with Crippen LogP contribution in [0.5, 0.6) is 0 Å². The predicted molar refractivity (Wildman–Crippen MR) is 78.4 cm³/mol. The highest BCUT2D eigenvalue weighted by Crippen LogP contribution is 2.29. The maximum absolute atomic E-state index is 11.6. The van der Waals surface area contributed by atoms with Gasteiger partial charge in [0.1, 0.15) is 0 Å². The zero-order valence-electron chi connectivity index (χ0n) is 9.62. The van der Waals surface area contributed by atoms with Crippen LogP contribution in [0.1, 0.15) is 12.8 Å². The molecule has 0 aliphatic carbocycles. The number of halogens is 2. The van der Waals surface area contributed by atoms with Gasteiger partial charge in [-0.05, 0) is 12.5 Å². The minimum atomic E-state index is -0.0477. The van der Waals surface area contributed by atoms with E-state index < -0.39 is 0 Å². The van der Waals surface area contributed by atoms with Crippen LogP contribution < -0.4 is 5.32 Å². The molecule has 0 bridgehead atoms. The van der Waals surface area contributed by atoms with Gasteiger partial charge >= 0.3 is 0 Å². The van der Waals surface area contributed by atoms with Crippen LogP contribution in [0.25, 0.3) is 10.9 Å². The second-order valence-electron chi connectivity index (χ2n) is 3.84. The number of fused-ring (bicyclic) bond motifs is 1. The van der Waals surface area contributed by atoms with E-state index in [2.05, 4.69) is 26.2 Å². The Labute approximate surface area is 119 Å². The minimum Gasteiger partial charge on any atom is -0.323 e. The number of rotatable bonds is 4. The fraction of sp³-hybridized carbons (Fsp3) is 0.231. The van der Waals surface area contributed by atoms with Crippen molar-refractivity contribution < 1.29 is 4.79 Å². The Kier molecular flexibility index (Phi) is 4.55. The molecule has 1 amide bonds. The van der Waals surface area contributed by atoms with Crippen molar-refractivity contribution in [2.24, 2.45) is 0 Å². The summed E-state index contributed by atoms with van der Waals surface area (Å²) in [6.07, 6.45) is 2.86. The molecular weight excluding hydrogens is 316 g/mol. The summed E-state index contributed by atoms with van der Waals surface area (Å²) in [4.78, 5) is 15.9. The summed E-state index contributed by atoms with van der Waals surface area (Å²) in [5.41, 5.74) is 1.39. The fourth-order valence-corrected chi connectivity index (χ4v) is 2.17. The predicted octanol–water partition coefficient (Wildman–Crippen LogP) is 4.00. The largest absolute Gasteiger partial charge is 0.323 e. The lowest BCUT2D eigenvalue weighted by Crippen LogP contribution is -2.12. The number of hydrogen-bond donors (Lipinski definition) is 1. The maximum atomic E-state index is 11.6. The van der Waals surface area contributed by atoms with Gasteiger partial charge < -0.3 is 5.32 Å². The number of alkyl halides is 1. The van der Waals surface area contributed by atoms with Crippen molar-refractivity contribution in [2.75, 3.05) is 10.6 Å². The van der Waals surface area contributed by atoms with Crippen LogP contribution in [-0.4, -0.2) is 16.2 Å². The van der Waals surface area contributed by atoms with Crippen LogP contribution >= 0.6 is 27.5 Å². The van der Waals surface area contributed by atoms with Gasteiger partial charge in [0.15, 0.2) is 0 Å². The first-order valence-electron chi connectivity index (χ1n) is 5.61. The normalized spacial score (nSPS) is 10.6. The van der Waals surface area contributed by atoms with Crippen molar-refractivity contribution in [3.63, 3.8) is 0 Å². The third-order valence-electron chi connectivity index (χ3n) is 2.52. The molecule has 0 fully saturated rings. The molecule has 1 N–H and O–H groups in total. The first-order chi connectivity index (χ1) is 8.72. The van der Waals surface area contributed by atoms with E-state index in [1.165, 1.54) is 0 Å². The first kappa shape index (κ1) is 13.3. The molecule has 0 unspecified atom stereocenters. The van der Waals surface area contributed by atoms with E-state index in [1.807, 2.05) is 24.3 Å². The highest BCUT2D eigenvalue weighted by Gasteiger charge is 2.09. The van der Waals surface area contributed by atoms with Crippen molar-refractivity contribution in [1.82, 2.24) is 4.98 Å². The Morgan fingerprint density at radius 2 is 2.17 bits per heavy atom. The number of pyridine rings is 1. The molecule has 0 saturated heterocycles. The van der Waals surface area contributed by atoms with Gasteiger partial charge in [0.25, 0.3) is 0 Å². The second-order valence-corrected chi connectivity index (χ2v) is 5.01. The third-order valence-corrected chi connectivity index (χ3v) is 3.49. The SMILES string of the molecule is O=C(CCCBr)Nc1cnc2ccccc2c1Cl. The van der Waals surface area contributed by atoms with Crippen LogP contribution in [0, 0.1) is 0 Å². The van der Waals surface area contributed by atoms with Crippen molar-refractivity contribution in [2.45, 2.75) is 12.8 Å². The summed E-state index contributed by atoms with van der Waals surface area (Å²) in [6.45, 7) is 0. The number of nitrogens with one attached hydrogen (secondary N) is 1. The molecule has 1 heterocycles. The number of aromatic nitrogens is 1. The van der Waals surface area contributed by atoms with Gasteiger partial charge in [-0.25, -0.2) is 0 Å². The number of carbonyl (C=O) groups excluding carboxylic acids is 1. The van der Waals surface area contributed by atoms with Crippen LogP contribution in [-0.2, 0) is 4.79 Å². The summed E-state index contributed by atoms with van der Waals surface area (Å²) < 4.78 is 0. The van der Waals surface area contributed by atoms with E-state index in [9.17, 15) is 4.79 Å². The Bertz CT molecular complexity index is 574. The number of amides is 1. The van der Waals surface area contributed by atoms with Gasteiger partial charge in [0.05, 0.1) is 22.4 Å². The van der Waals surface area contributed by atoms with E-state index in [0.29, 0.717) is 17.1 Å². The van der Waals surface area contributed by atoms with E-state index in [-0.39, 0.29) is 5.91 Å². The van der Waals surface area contributed by atoms with E-state index in [4.69, 9.17) is 11.6 Å². The quantitative estimate of drug-likeness (QED) is 0.862. The molecule has 0 aliphatic rings. The van der Waals surface area contributed by atoms with Crippen molar-refractivity contribution in [3.8, 4) is 0 Å². The standard InChI is InChI=1S/C13H12BrClN2O/c14-7-3-6-12(18)17-11-8-16-10-5-2-1-4-9(10)13(11)15/h1-2,4-5,8H,3,6-7H2,(H,17,18). The average molecular weight is 328 g/mol. The van der Waals surface area contributed by atoms with Crippen LogP contribution in [0.3, 0.4) is 0 Å². The van der Waals surface area contributed by atoms with Crippen molar-refractivity contribution >= 4 is 50.0 Å². The zero-order valence-corrected chi connectivity index (χ0v) is 12.0. The fourth-order valence-electron chi connectivity index (χ4n) is 1.63. The van der Waals surface area contributed by atoms with E-state index in [1.54, 1.807) is 6.20 Å². The Hall–Kier alpha value is -1.13. The molecule has 1 aromatic heterocycles. The van der Waals surface area contributed by atoms with Crippen LogP contribution in [0.2, 0.25) is 5.02 Å².